The van der Waals surface area contributed by atoms with E-state index in [0.29, 0.717) is 12.3 Å². The molecule has 0 heterocycles. The Bertz CT molecular complexity index is 461. The van der Waals surface area contributed by atoms with Gasteiger partial charge in [-0.2, -0.15) is 0 Å². The van der Waals surface area contributed by atoms with Gasteiger partial charge in [0.05, 0.1) is 5.54 Å². The number of carbonyl (C=O) groups is 1. The third kappa shape index (κ3) is 3.24. The van der Waals surface area contributed by atoms with E-state index in [1.54, 1.807) is 0 Å². The summed E-state index contributed by atoms with van der Waals surface area (Å²) in [4.78, 5) is 12.3. The zero-order valence-electron chi connectivity index (χ0n) is 12.5. The first-order valence-electron chi connectivity index (χ1n) is 7.13. The molecule has 0 amide bonds. The molecular formula is C17H25NO. The molecule has 2 rings (SSSR count). The van der Waals surface area contributed by atoms with Crippen molar-refractivity contribution in [3.05, 3.63) is 35.4 Å². The molecule has 1 aromatic carbocycles. The van der Waals surface area contributed by atoms with E-state index in [9.17, 15) is 4.79 Å². The normalized spacial score (nSPS) is 19.0. The second-order valence-electron chi connectivity index (χ2n) is 7.10. The van der Waals surface area contributed by atoms with Crippen molar-refractivity contribution in [2.24, 2.45) is 11.7 Å². The van der Waals surface area contributed by atoms with Gasteiger partial charge < -0.3 is 5.73 Å². The topological polar surface area (TPSA) is 43.1 Å². The third-order valence-electron chi connectivity index (χ3n) is 4.21. The summed E-state index contributed by atoms with van der Waals surface area (Å²) in [7, 11) is 0. The fraction of sp³-hybridized carbons (Fsp3) is 0.588. The number of hydrogen-bond acceptors (Lipinski definition) is 2. The summed E-state index contributed by atoms with van der Waals surface area (Å²) < 4.78 is 0. The zero-order valence-corrected chi connectivity index (χ0v) is 12.5. The minimum Gasteiger partial charge on any atom is -0.319 e. The highest BCUT2D eigenvalue weighted by atomic mass is 16.1. The summed E-state index contributed by atoms with van der Waals surface area (Å²) in [5.74, 6) is 0.562. The van der Waals surface area contributed by atoms with Gasteiger partial charge in [-0.1, -0.05) is 45.0 Å². The molecule has 0 radical (unpaired) electrons. The van der Waals surface area contributed by atoms with Gasteiger partial charge >= 0.3 is 0 Å². The molecule has 2 nitrogen and oxygen atoms in total. The van der Waals surface area contributed by atoms with Crippen LogP contribution in [0.2, 0.25) is 0 Å². The maximum absolute atomic E-state index is 12.3. The highest BCUT2D eigenvalue weighted by Gasteiger charge is 2.43. The van der Waals surface area contributed by atoms with Gasteiger partial charge in [0.15, 0.2) is 5.78 Å². The summed E-state index contributed by atoms with van der Waals surface area (Å²) in [6.45, 7) is 8.46. The van der Waals surface area contributed by atoms with Crippen molar-refractivity contribution in [3.8, 4) is 0 Å². The molecule has 0 bridgehead atoms. The van der Waals surface area contributed by atoms with Gasteiger partial charge in [-0.05, 0) is 42.2 Å². The van der Waals surface area contributed by atoms with Crippen LogP contribution in [0.25, 0.3) is 0 Å². The van der Waals surface area contributed by atoms with E-state index in [0.717, 1.165) is 18.4 Å². The molecule has 0 aromatic heterocycles. The standard InChI is InChI=1S/C17H25NO/c1-16(2,3)13-7-5-12(6-8-13)11-15(19)17(4,18)14-9-10-14/h5-8,14H,9-11,18H2,1-4H3. The predicted molar refractivity (Wildman–Crippen MR) is 79.2 cm³/mol. The van der Waals surface area contributed by atoms with E-state index < -0.39 is 5.54 Å². The monoisotopic (exact) mass is 259 g/mol. The number of benzene rings is 1. The Morgan fingerprint density at radius 3 is 2.11 bits per heavy atom. The quantitative estimate of drug-likeness (QED) is 0.902. The lowest BCUT2D eigenvalue weighted by Gasteiger charge is -2.23. The van der Waals surface area contributed by atoms with Gasteiger partial charge in [-0.25, -0.2) is 0 Å². The summed E-state index contributed by atoms with van der Waals surface area (Å²) in [5, 5.41) is 0. The van der Waals surface area contributed by atoms with Crippen LogP contribution in [0.15, 0.2) is 24.3 Å². The molecule has 19 heavy (non-hydrogen) atoms. The number of rotatable bonds is 4. The summed E-state index contributed by atoms with van der Waals surface area (Å²) in [6.07, 6.45) is 2.65. The molecular weight excluding hydrogens is 234 g/mol. The van der Waals surface area contributed by atoms with E-state index in [-0.39, 0.29) is 11.2 Å². The highest BCUT2D eigenvalue weighted by molar-refractivity contribution is 5.90. The van der Waals surface area contributed by atoms with Gasteiger partial charge in [0.1, 0.15) is 0 Å². The van der Waals surface area contributed by atoms with Crippen molar-refractivity contribution >= 4 is 5.78 Å². The highest BCUT2D eigenvalue weighted by Crippen LogP contribution is 2.39. The lowest BCUT2D eigenvalue weighted by atomic mass is 9.85. The zero-order chi connectivity index (χ0) is 14.3. The first kappa shape index (κ1) is 14.3. The van der Waals surface area contributed by atoms with Crippen LogP contribution >= 0.6 is 0 Å². The fourth-order valence-corrected chi connectivity index (χ4v) is 2.41. The minimum absolute atomic E-state index is 0.152. The Morgan fingerprint density at radius 2 is 1.68 bits per heavy atom. The van der Waals surface area contributed by atoms with E-state index in [1.807, 2.05) is 6.92 Å². The Labute approximate surface area is 116 Å². The molecule has 1 saturated carbocycles. The van der Waals surface area contributed by atoms with E-state index in [1.165, 1.54) is 5.56 Å². The van der Waals surface area contributed by atoms with Crippen LogP contribution < -0.4 is 5.73 Å². The molecule has 1 unspecified atom stereocenters. The SMILES string of the molecule is CC(C)(C)c1ccc(CC(=O)C(C)(N)C2CC2)cc1. The molecule has 1 aliphatic carbocycles. The smallest absolute Gasteiger partial charge is 0.156 e. The first-order valence-corrected chi connectivity index (χ1v) is 7.13. The number of hydrogen-bond donors (Lipinski definition) is 1. The maximum Gasteiger partial charge on any atom is 0.156 e. The Kier molecular flexibility index (Phi) is 3.57. The summed E-state index contributed by atoms with van der Waals surface area (Å²) >= 11 is 0. The van der Waals surface area contributed by atoms with Crippen LogP contribution in [-0.2, 0) is 16.6 Å². The molecule has 1 aliphatic rings. The molecule has 1 aromatic rings. The molecule has 2 heteroatoms. The average Bonchev–Trinajstić information content (AvgIpc) is 3.12. The molecule has 1 atom stereocenters. The number of ketones is 1. The van der Waals surface area contributed by atoms with Crippen molar-refractivity contribution < 1.29 is 4.79 Å². The number of carbonyl (C=O) groups excluding carboxylic acids is 1. The van der Waals surface area contributed by atoms with Crippen molar-refractivity contribution in [2.75, 3.05) is 0 Å². The second-order valence-corrected chi connectivity index (χ2v) is 7.10. The Hall–Kier alpha value is -1.15. The molecule has 2 N–H and O–H groups in total. The van der Waals surface area contributed by atoms with Crippen LogP contribution in [0.5, 0.6) is 0 Å². The van der Waals surface area contributed by atoms with Crippen LogP contribution in [0.1, 0.15) is 51.7 Å². The molecule has 0 aliphatic heterocycles. The summed E-state index contributed by atoms with van der Waals surface area (Å²) in [5.41, 5.74) is 8.04. The molecule has 104 valence electrons. The van der Waals surface area contributed by atoms with Crippen molar-refractivity contribution in [1.82, 2.24) is 0 Å². The minimum atomic E-state index is -0.636. The first-order chi connectivity index (χ1) is 8.71. The van der Waals surface area contributed by atoms with E-state index in [2.05, 4.69) is 45.0 Å². The van der Waals surface area contributed by atoms with Crippen LogP contribution in [0.3, 0.4) is 0 Å². The Balaban J connectivity index is 2.05. The molecule has 0 saturated heterocycles. The number of Topliss-reactive ketones (excluding diaryl/α,β-unsaturated/α-hetero) is 1. The fourth-order valence-electron chi connectivity index (χ4n) is 2.41. The predicted octanol–water partition coefficient (Wildman–Crippen LogP) is 3.22. The van der Waals surface area contributed by atoms with Gasteiger partial charge in [-0.3, -0.25) is 4.79 Å². The molecule has 1 fully saturated rings. The third-order valence-corrected chi connectivity index (χ3v) is 4.21. The lowest BCUT2D eigenvalue weighted by Crippen LogP contribution is -2.47. The second kappa shape index (κ2) is 4.75. The van der Waals surface area contributed by atoms with Crippen LogP contribution in [0.4, 0.5) is 0 Å². The van der Waals surface area contributed by atoms with Crippen molar-refractivity contribution in [3.63, 3.8) is 0 Å². The van der Waals surface area contributed by atoms with Crippen LogP contribution in [-0.4, -0.2) is 11.3 Å². The van der Waals surface area contributed by atoms with Gasteiger partial charge in [-0.15, -0.1) is 0 Å². The maximum atomic E-state index is 12.3. The van der Waals surface area contributed by atoms with E-state index in [4.69, 9.17) is 5.73 Å². The largest absolute Gasteiger partial charge is 0.319 e. The van der Waals surface area contributed by atoms with Crippen molar-refractivity contribution in [1.29, 1.82) is 0 Å². The average molecular weight is 259 g/mol. The van der Waals surface area contributed by atoms with Gasteiger partial charge in [0, 0.05) is 6.42 Å². The van der Waals surface area contributed by atoms with Crippen molar-refractivity contribution in [2.45, 2.75) is 57.9 Å². The van der Waals surface area contributed by atoms with E-state index >= 15 is 0 Å². The van der Waals surface area contributed by atoms with Crippen LogP contribution in [0, 0.1) is 5.92 Å². The Morgan fingerprint density at radius 1 is 1.16 bits per heavy atom. The molecule has 0 spiro atoms. The lowest BCUT2D eigenvalue weighted by molar-refractivity contribution is -0.123. The number of nitrogens with two attached hydrogens (primary N) is 1. The summed E-state index contributed by atoms with van der Waals surface area (Å²) in [6, 6.07) is 8.35. The van der Waals surface area contributed by atoms with Gasteiger partial charge in [0.2, 0.25) is 0 Å². The van der Waals surface area contributed by atoms with Gasteiger partial charge in [0.25, 0.3) is 0 Å².